The molecule has 18 heavy (non-hydrogen) atoms. The Bertz CT molecular complexity index is 464. The van der Waals surface area contributed by atoms with Crippen molar-refractivity contribution in [3.63, 3.8) is 0 Å². The minimum Gasteiger partial charge on any atom is -0.334 e. The summed E-state index contributed by atoms with van der Waals surface area (Å²) in [6.07, 6.45) is 1.20. The second kappa shape index (κ2) is 5.47. The first-order valence-corrected chi connectivity index (χ1v) is 6.80. The number of likely N-dealkylation sites (tertiary alicyclic amines) is 1. The van der Waals surface area contributed by atoms with Gasteiger partial charge in [-0.25, -0.2) is 0 Å². The molecule has 0 saturated carbocycles. The van der Waals surface area contributed by atoms with Crippen molar-refractivity contribution < 1.29 is 4.79 Å². The maximum atomic E-state index is 11.9. The zero-order valence-electron chi connectivity index (χ0n) is 10.2. The molecule has 0 aromatic heterocycles. The molecule has 0 bridgehead atoms. The minimum absolute atomic E-state index is 0.0821. The van der Waals surface area contributed by atoms with Crippen molar-refractivity contribution in [1.82, 2.24) is 4.90 Å². The van der Waals surface area contributed by atoms with Crippen LogP contribution >= 0.6 is 23.2 Å². The van der Waals surface area contributed by atoms with Gasteiger partial charge >= 0.3 is 0 Å². The zero-order chi connectivity index (χ0) is 13.3. The molecule has 5 heteroatoms. The second-order valence-electron chi connectivity index (χ2n) is 4.49. The maximum absolute atomic E-state index is 11.9. The lowest BCUT2D eigenvalue weighted by Crippen LogP contribution is -2.48. The monoisotopic (exact) mass is 286 g/mol. The molecule has 2 rings (SSSR count). The van der Waals surface area contributed by atoms with Crippen LogP contribution in [0.2, 0.25) is 10.0 Å². The van der Waals surface area contributed by atoms with Crippen LogP contribution in [0.1, 0.15) is 31.4 Å². The lowest BCUT2D eigenvalue weighted by Gasteiger charge is -2.39. The summed E-state index contributed by atoms with van der Waals surface area (Å²) in [7, 11) is 0. The van der Waals surface area contributed by atoms with Gasteiger partial charge in [0.1, 0.15) is 0 Å². The van der Waals surface area contributed by atoms with Crippen LogP contribution in [-0.2, 0) is 4.79 Å². The van der Waals surface area contributed by atoms with Gasteiger partial charge in [0.15, 0.2) is 0 Å². The normalized spacial score (nSPS) is 24.4. The highest BCUT2D eigenvalue weighted by Crippen LogP contribution is 2.35. The second-order valence-corrected chi connectivity index (χ2v) is 5.34. The van der Waals surface area contributed by atoms with Crippen molar-refractivity contribution in [3.8, 4) is 0 Å². The summed E-state index contributed by atoms with van der Waals surface area (Å²) in [5.41, 5.74) is 7.04. The molecule has 1 fully saturated rings. The Kier molecular flexibility index (Phi) is 4.15. The van der Waals surface area contributed by atoms with E-state index in [9.17, 15) is 4.79 Å². The number of nitrogens with zero attached hydrogens (tertiary/aromatic N) is 1. The van der Waals surface area contributed by atoms with E-state index in [2.05, 4.69) is 0 Å². The van der Waals surface area contributed by atoms with Crippen molar-refractivity contribution in [2.24, 2.45) is 5.73 Å². The van der Waals surface area contributed by atoms with Gasteiger partial charge in [0.25, 0.3) is 0 Å². The summed E-state index contributed by atoms with van der Waals surface area (Å²) >= 11 is 12.1. The van der Waals surface area contributed by atoms with Crippen molar-refractivity contribution in [1.29, 1.82) is 0 Å². The number of hydrogen-bond donors (Lipinski definition) is 1. The van der Waals surface area contributed by atoms with Crippen LogP contribution in [0.4, 0.5) is 0 Å². The number of carbonyl (C=O) groups excluding carboxylic acids is 1. The molecule has 2 unspecified atom stereocenters. The highest BCUT2D eigenvalue weighted by atomic mass is 35.5. The maximum Gasteiger partial charge on any atom is 0.223 e. The minimum atomic E-state index is -0.152. The summed E-state index contributed by atoms with van der Waals surface area (Å²) in [6, 6.07) is 5.10. The zero-order valence-corrected chi connectivity index (χ0v) is 11.7. The summed E-state index contributed by atoms with van der Waals surface area (Å²) in [5.74, 6) is 0.134. The van der Waals surface area contributed by atoms with Gasteiger partial charge in [-0.1, -0.05) is 29.3 Å². The van der Waals surface area contributed by atoms with Gasteiger partial charge in [-0.2, -0.15) is 0 Å². The standard InChI is InChI=1S/C13H16Cl2N2O/c1-2-17-12(18)6-5-11(16)13(17)9-4-3-8(14)7-10(9)15/h3-4,7,11,13H,2,5-6,16H2,1H3. The van der Waals surface area contributed by atoms with Crippen LogP contribution in [0.3, 0.4) is 0 Å². The van der Waals surface area contributed by atoms with Crippen molar-refractivity contribution in [2.45, 2.75) is 31.8 Å². The molecule has 2 N–H and O–H groups in total. The van der Waals surface area contributed by atoms with E-state index in [0.717, 1.165) is 5.56 Å². The molecule has 2 atom stereocenters. The number of likely N-dealkylation sites (N-methyl/N-ethyl adjacent to an activating group) is 1. The fourth-order valence-electron chi connectivity index (χ4n) is 2.49. The molecule has 0 aliphatic carbocycles. The summed E-state index contributed by atoms with van der Waals surface area (Å²) in [4.78, 5) is 13.7. The smallest absolute Gasteiger partial charge is 0.223 e. The molecule has 1 aliphatic rings. The van der Waals surface area contributed by atoms with Gasteiger partial charge < -0.3 is 10.6 Å². The van der Waals surface area contributed by atoms with E-state index in [4.69, 9.17) is 28.9 Å². The highest BCUT2D eigenvalue weighted by molar-refractivity contribution is 6.35. The quantitative estimate of drug-likeness (QED) is 0.908. The number of piperidine rings is 1. The van der Waals surface area contributed by atoms with Crippen molar-refractivity contribution in [3.05, 3.63) is 33.8 Å². The van der Waals surface area contributed by atoms with Crippen molar-refractivity contribution in [2.75, 3.05) is 6.54 Å². The van der Waals surface area contributed by atoms with Gasteiger partial charge in [-0.15, -0.1) is 0 Å². The van der Waals surface area contributed by atoms with Gasteiger partial charge in [0.2, 0.25) is 5.91 Å². The molecule has 1 amide bonds. The number of carbonyl (C=O) groups is 1. The molecule has 1 aromatic rings. The SMILES string of the molecule is CCN1C(=O)CCC(N)C1c1ccc(Cl)cc1Cl. The third kappa shape index (κ3) is 2.48. The van der Waals surface area contributed by atoms with Gasteiger partial charge in [0, 0.05) is 29.1 Å². The van der Waals surface area contributed by atoms with Crippen LogP contribution in [0, 0.1) is 0 Å². The van der Waals surface area contributed by atoms with Gasteiger partial charge in [-0.05, 0) is 31.0 Å². The first kappa shape index (κ1) is 13.7. The van der Waals surface area contributed by atoms with E-state index in [1.807, 2.05) is 13.0 Å². The third-order valence-electron chi connectivity index (χ3n) is 3.38. The van der Waals surface area contributed by atoms with Crippen molar-refractivity contribution >= 4 is 29.1 Å². The largest absolute Gasteiger partial charge is 0.334 e. The first-order chi connectivity index (χ1) is 8.54. The number of benzene rings is 1. The van der Waals surface area contributed by atoms with E-state index in [0.29, 0.717) is 29.4 Å². The van der Waals surface area contributed by atoms with Gasteiger partial charge in [-0.3, -0.25) is 4.79 Å². The van der Waals surface area contributed by atoms with E-state index in [1.54, 1.807) is 17.0 Å². The molecule has 3 nitrogen and oxygen atoms in total. The summed E-state index contributed by atoms with van der Waals surface area (Å²) in [6.45, 7) is 2.59. The molecule has 0 radical (unpaired) electrons. The Morgan fingerprint density at radius 3 is 2.78 bits per heavy atom. The first-order valence-electron chi connectivity index (χ1n) is 6.04. The van der Waals surface area contributed by atoms with E-state index >= 15 is 0 Å². The van der Waals surface area contributed by atoms with Crippen LogP contribution in [-0.4, -0.2) is 23.4 Å². The van der Waals surface area contributed by atoms with Crippen LogP contribution in [0.25, 0.3) is 0 Å². The van der Waals surface area contributed by atoms with E-state index < -0.39 is 0 Å². The summed E-state index contributed by atoms with van der Waals surface area (Å²) < 4.78 is 0. The predicted octanol–water partition coefficient (Wildman–Crippen LogP) is 3.00. The number of rotatable bonds is 2. The molecule has 1 saturated heterocycles. The number of hydrogen-bond acceptors (Lipinski definition) is 2. The Morgan fingerprint density at radius 1 is 1.44 bits per heavy atom. The predicted molar refractivity (Wildman–Crippen MR) is 73.8 cm³/mol. The number of halogens is 2. The van der Waals surface area contributed by atoms with E-state index in [-0.39, 0.29) is 18.0 Å². The Labute approximate surface area is 117 Å². The van der Waals surface area contributed by atoms with Crippen LogP contribution in [0.15, 0.2) is 18.2 Å². The van der Waals surface area contributed by atoms with Crippen LogP contribution in [0.5, 0.6) is 0 Å². The Hall–Kier alpha value is -0.770. The molecule has 1 heterocycles. The molecule has 1 aliphatic heterocycles. The Balaban J connectivity index is 2.41. The third-order valence-corrected chi connectivity index (χ3v) is 3.94. The van der Waals surface area contributed by atoms with Gasteiger partial charge in [0.05, 0.1) is 6.04 Å². The highest BCUT2D eigenvalue weighted by Gasteiger charge is 2.34. The molecular weight excluding hydrogens is 271 g/mol. The molecule has 1 aromatic carbocycles. The summed E-state index contributed by atoms with van der Waals surface area (Å²) in [5, 5.41) is 1.15. The fourth-order valence-corrected chi connectivity index (χ4v) is 3.01. The molecule has 0 spiro atoms. The van der Waals surface area contributed by atoms with E-state index in [1.165, 1.54) is 0 Å². The topological polar surface area (TPSA) is 46.3 Å². The fraction of sp³-hybridized carbons (Fsp3) is 0.462. The lowest BCUT2D eigenvalue weighted by molar-refractivity contribution is -0.137. The lowest BCUT2D eigenvalue weighted by atomic mass is 9.90. The molecular formula is C13H16Cl2N2O. The average molecular weight is 287 g/mol. The molecule has 98 valence electrons. The van der Waals surface area contributed by atoms with Crippen LogP contribution < -0.4 is 5.73 Å². The number of amides is 1. The Morgan fingerprint density at radius 2 is 2.17 bits per heavy atom. The average Bonchev–Trinajstić information content (AvgIpc) is 2.33. The number of nitrogens with two attached hydrogens (primary N) is 1.